The summed E-state index contributed by atoms with van der Waals surface area (Å²) in [6, 6.07) is 0. The Bertz CT molecular complexity index is 155. The normalized spacial score (nSPS) is 12.5. The van der Waals surface area contributed by atoms with Gasteiger partial charge in [-0.3, -0.25) is 4.79 Å². The molecule has 1 unspecified atom stereocenters. The first-order valence-electron chi connectivity index (χ1n) is 6.36. The zero-order valence-corrected chi connectivity index (χ0v) is 10.6. The molecule has 0 radical (unpaired) electrons. The first kappa shape index (κ1) is 14.5. The van der Waals surface area contributed by atoms with Crippen LogP contribution < -0.4 is 0 Å². The molecule has 2 heteroatoms. The minimum Gasteiger partial charge on any atom is -0.465 e. The van der Waals surface area contributed by atoms with Crippen LogP contribution in [-0.2, 0) is 9.53 Å². The van der Waals surface area contributed by atoms with Crippen LogP contribution in [-0.4, -0.2) is 12.6 Å². The van der Waals surface area contributed by atoms with Crippen molar-refractivity contribution in [2.45, 2.75) is 65.7 Å². The molecule has 0 bridgehead atoms. The molecule has 0 aromatic rings. The minimum absolute atomic E-state index is 0.0436. The molecule has 2 nitrogen and oxygen atoms in total. The highest BCUT2D eigenvalue weighted by Crippen LogP contribution is 2.11. The van der Waals surface area contributed by atoms with Gasteiger partial charge >= 0.3 is 5.97 Å². The number of carbonyl (C=O) groups excluding carboxylic acids is 1. The van der Waals surface area contributed by atoms with Gasteiger partial charge in [-0.15, -0.1) is 0 Å². The summed E-state index contributed by atoms with van der Waals surface area (Å²) in [7, 11) is 0. The van der Waals surface area contributed by atoms with Crippen molar-refractivity contribution >= 4 is 5.97 Å². The van der Waals surface area contributed by atoms with Gasteiger partial charge in [-0.2, -0.15) is 0 Å². The first-order chi connectivity index (χ1) is 7.20. The van der Waals surface area contributed by atoms with Gasteiger partial charge in [0.05, 0.1) is 6.61 Å². The van der Waals surface area contributed by atoms with E-state index in [0.29, 0.717) is 18.9 Å². The summed E-state index contributed by atoms with van der Waals surface area (Å²) < 4.78 is 5.16. The smallest absolute Gasteiger partial charge is 0.305 e. The minimum atomic E-state index is -0.0436. The molecule has 0 rings (SSSR count). The Morgan fingerprint density at radius 1 is 1.13 bits per heavy atom. The zero-order valence-electron chi connectivity index (χ0n) is 10.6. The van der Waals surface area contributed by atoms with Gasteiger partial charge in [0.25, 0.3) is 0 Å². The Morgan fingerprint density at radius 3 is 2.47 bits per heavy atom. The number of hydrogen-bond acceptors (Lipinski definition) is 2. The predicted octanol–water partition coefficient (Wildman–Crippen LogP) is 3.94. The third-order valence-corrected chi connectivity index (χ3v) is 2.53. The highest BCUT2D eigenvalue weighted by atomic mass is 16.5. The van der Waals surface area contributed by atoms with Crippen molar-refractivity contribution < 1.29 is 9.53 Å². The third-order valence-electron chi connectivity index (χ3n) is 2.53. The number of esters is 1. The van der Waals surface area contributed by atoms with Crippen molar-refractivity contribution in [2.75, 3.05) is 6.61 Å². The van der Waals surface area contributed by atoms with Crippen molar-refractivity contribution in [3.8, 4) is 0 Å². The average molecular weight is 214 g/mol. The molecule has 0 aliphatic heterocycles. The highest BCUT2D eigenvalue weighted by molar-refractivity contribution is 5.69. The summed E-state index contributed by atoms with van der Waals surface area (Å²) in [5, 5.41) is 0. The molecule has 0 aliphatic rings. The van der Waals surface area contributed by atoms with Crippen LogP contribution in [0.15, 0.2) is 0 Å². The van der Waals surface area contributed by atoms with E-state index in [-0.39, 0.29) is 5.97 Å². The Labute approximate surface area is 94.4 Å². The number of carbonyl (C=O) groups is 1. The fourth-order valence-electron chi connectivity index (χ4n) is 1.51. The van der Waals surface area contributed by atoms with Crippen LogP contribution in [0.25, 0.3) is 0 Å². The van der Waals surface area contributed by atoms with Crippen LogP contribution in [0.1, 0.15) is 65.7 Å². The number of hydrogen-bond donors (Lipinski definition) is 0. The van der Waals surface area contributed by atoms with Gasteiger partial charge < -0.3 is 4.74 Å². The van der Waals surface area contributed by atoms with E-state index < -0.39 is 0 Å². The summed E-state index contributed by atoms with van der Waals surface area (Å²) in [5.74, 6) is 0.473. The Balaban J connectivity index is 3.32. The standard InChI is InChI=1S/C13H26O2/c1-4-6-7-8-10-12(3)11-15-13(14)9-5-2/h12H,4-11H2,1-3H3. The lowest BCUT2D eigenvalue weighted by atomic mass is 10.0. The molecule has 0 N–H and O–H groups in total. The van der Waals surface area contributed by atoms with Gasteiger partial charge in [-0.05, 0) is 18.8 Å². The third kappa shape index (κ3) is 9.77. The average Bonchev–Trinajstić information content (AvgIpc) is 2.22. The number of ether oxygens (including phenoxy) is 1. The van der Waals surface area contributed by atoms with Crippen LogP contribution in [0.3, 0.4) is 0 Å². The van der Waals surface area contributed by atoms with Gasteiger partial charge in [-0.25, -0.2) is 0 Å². The number of rotatable bonds is 9. The molecule has 0 amide bonds. The summed E-state index contributed by atoms with van der Waals surface area (Å²) in [6.07, 6.45) is 7.79. The molecule has 0 spiro atoms. The quantitative estimate of drug-likeness (QED) is 0.429. The molecule has 0 aliphatic carbocycles. The van der Waals surface area contributed by atoms with E-state index in [0.717, 1.165) is 6.42 Å². The molecular formula is C13H26O2. The lowest BCUT2D eigenvalue weighted by molar-refractivity contribution is -0.144. The van der Waals surface area contributed by atoms with E-state index in [1.807, 2.05) is 6.92 Å². The molecule has 0 heterocycles. The fraction of sp³-hybridized carbons (Fsp3) is 0.923. The molecule has 0 saturated carbocycles. The molecule has 0 aromatic heterocycles. The summed E-state index contributed by atoms with van der Waals surface area (Å²) in [5.41, 5.74) is 0. The van der Waals surface area contributed by atoms with Gasteiger partial charge in [0, 0.05) is 6.42 Å². The highest BCUT2D eigenvalue weighted by Gasteiger charge is 2.06. The topological polar surface area (TPSA) is 26.3 Å². The van der Waals surface area contributed by atoms with Gasteiger partial charge in [0.2, 0.25) is 0 Å². The monoisotopic (exact) mass is 214 g/mol. The van der Waals surface area contributed by atoms with Gasteiger partial charge in [0.15, 0.2) is 0 Å². The van der Waals surface area contributed by atoms with Crippen LogP contribution >= 0.6 is 0 Å². The predicted molar refractivity (Wildman–Crippen MR) is 63.8 cm³/mol. The maximum atomic E-state index is 11.1. The second kappa shape index (κ2) is 10.0. The molecule has 0 fully saturated rings. The first-order valence-corrected chi connectivity index (χ1v) is 6.36. The largest absolute Gasteiger partial charge is 0.465 e. The van der Waals surface area contributed by atoms with E-state index in [9.17, 15) is 4.79 Å². The SMILES string of the molecule is CCCCCCC(C)COC(=O)CCC. The summed E-state index contributed by atoms with van der Waals surface area (Å²) in [6.45, 7) is 6.97. The Hall–Kier alpha value is -0.530. The molecule has 90 valence electrons. The Morgan fingerprint density at radius 2 is 1.87 bits per heavy atom. The van der Waals surface area contributed by atoms with Crippen LogP contribution in [0.2, 0.25) is 0 Å². The van der Waals surface area contributed by atoms with E-state index in [1.165, 1.54) is 32.1 Å². The second-order valence-electron chi connectivity index (χ2n) is 4.39. The maximum absolute atomic E-state index is 11.1. The van der Waals surface area contributed by atoms with Crippen LogP contribution in [0, 0.1) is 5.92 Å². The van der Waals surface area contributed by atoms with Crippen molar-refractivity contribution in [2.24, 2.45) is 5.92 Å². The van der Waals surface area contributed by atoms with E-state index in [1.54, 1.807) is 0 Å². The zero-order chi connectivity index (χ0) is 11.5. The molecule has 1 atom stereocenters. The van der Waals surface area contributed by atoms with E-state index in [2.05, 4.69) is 13.8 Å². The van der Waals surface area contributed by atoms with E-state index in [4.69, 9.17) is 4.74 Å². The number of unbranched alkanes of at least 4 members (excludes halogenated alkanes) is 3. The summed E-state index contributed by atoms with van der Waals surface area (Å²) >= 11 is 0. The lowest BCUT2D eigenvalue weighted by Crippen LogP contribution is -2.11. The molecule has 15 heavy (non-hydrogen) atoms. The van der Waals surface area contributed by atoms with Crippen LogP contribution in [0.4, 0.5) is 0 Å². The van der Waals surface area contributed by atoms with Crippen molar-refractivity contribution in [1.82, 2.24) is 0 Å². The van der Waals surface area contributed by atoms with Crippen LogP contribution in [0.5, 0.6) is 0 Å². The second-order valence-corrected chi connectivity index (χ2v) is 4.39. The van der Waals surface area contributed by atoms with Gasteiger partial charge in [0.1, 0.15) is 0 Å². The summed E-state index contributed by atoms with van der Waals surface area (Å²) in [4.78, 5) is 11.1. The van der Waals surface area contributed by atoms with Crippen molar-refractivity contribution in [1.29, 1.82) is 0 Å². The van der Waals surface area contributed by atoms with Crippen molar-refractivity contribution in [3.05, 3.63) is 0 Å². The Kier molecular flexibility index (Phi) is 9.65. The lowest BCUT2D eigenvalue weighted by Gasteiger charge is -2.11. The van der Waals surface area contributed by atoms with E-state index >= 15 is 0 Å². The van der Waals surface area contributed by atoms with Crippen molar-refractivity contribution in [3.63, 3.8) is 0 Å². The molecule has 0 aromatic carbocycles. The van der Waals surface area contributed by atoms with Gasteiger partial charge in [-0.1, -0.05) is 46.5 Å². The maximum Gasteiger partial charge on any atom is 0.305 e. The fourth-order valence-corrected chi connectivity index (χ4v) is 1.51. The molecule has 0 saturated heterocycles. The molecular weight excluding hydrogens is 188 g/mol.